The first-order valence-electron chi connectivity index (χ1n) is 8.02. The number of carboxylic acids is 1. The monoisotopic (exact) mass is 439 g/mol. The number of rotatable bonds is 12. The van der Waals surface area contributed by atoms with Crippen LogP contribution in [0.3, 0.4) is 0 Å². The molecule has 5 unspecified atom stereocenters. The van der Waals surface area contributed by atoms with Gasteiger partial charge < -0.3 is 37.6 Å². The second-order valence-electron chi connectivity index (χ2n) is 5.83. The number of primary amides is 1. The number of carboxylic acid groups (broad SMARTS) is 1. The van der Waals surface area contributed by atoms with Gasteiger partial charge in [0.05, 0.1) is 18.6 Å². The maximum absolute atomic E-state index is 12.4. The fraction of sp³-hybridized carbons (Fsp3) is 0.643. The van der Waals surface area contributed by atoms with Crippen molar-refractivity contribution >= 4 is 54.9 Å². The van der Waals surface area contributed by atoms with E-state index < -0.39 is 66.3 Å². The minimum absolute atomic E-state index is 0.182. The maximum Gasteiger partial charge on any atom is 0.327 e. The number of aliphatic carboxylic acids is 1. The van der Waals surface area contributed by atoms with Gasteiger partial charge in [0, 0.05) is 11.5 Å². The molecule has 0 saturated carbocycles. The van der Waals surface area contributed by atoms with Crippen molar-refractivity contribution in [3.8, 4) is 0 Å². The molecule has 0 aromatic carbocycles. The molecule has 0 rings (SSSR count). The van der Waals surface area contributed by atoms with Gasteiger partial charge in [-0.25, -0.2) is 4.79 Å². The standard InChI is InChI=1S/C14H25N5O7S2/c1-5(20)10(19-11(22)6(15)2-9(16)21)13(24)17-7(3-27)12(23)18-8(4-28)14(25)26/h5-8,10,20,27-28H,2-4,15H2,1H3,(H2,16,21)(H,17,24)(H,18,23)(H,19,22)(H,25,26). The van der Waals surface area contributed by atoms with Crippen LogP contribution in [0.4, 0.5) is 0 Å². The second kappa shape index (κ2) is 12.4. The highest BCUT2D eigenvalue weighted by Gasteiger charge is 2.31. The van der Waals surface area contributed by atoms with Gasteiger partial charge >= 0.3 is 5.97 Å². The topological polar surface area (TPSA) is 214 Å². The lowest BCUT2D eigenvalue weighted by Crippen LogP contribution is -2.60. The Morgan fingerprint density at radius 1 is 0.929 bits per heavy atom. The molecular formula is C14H25N5O7S2. The Morgan fingerprint density at radius 3 is 1.82 bits per heavy atom. The summed E-state index contributed by atoms with van der Waals surface area (Å²) in [6.45, 7) is 1.21. The van der Waals surface area contributed by atoms with E-state index in [9.17, 15) is 29.1 Å². The molecular weight excluding hydrogens is 414 g/mol. The van der Waals surface area contributed by atoms with Crippen LogP contribution in [-0.2, 0) is 24.0 Å². The predicted molar refractivity (Wildman–Crippen MR) is 105 cm³/mol. The molecule has 0 spiro atoms. The van der Waals surface area contributed by atoms with E-state index in [1.165, 1.54) is 6.92 Å². The molecule has 0 bridgehead atoms. The zero-order valence-electron chi connectivity index (χ0n) is 15.0. The largest absolute Gasteiger partial charge is 0.480 e. The van der Waals surface area contributed by atoms with Crippen molar-refractivity contribution in [3.63, 3.8) is 0 Å². The molecule has 0 aliphatic carbocycles. The fourth-order valence-electron chi connectivity index (χ4n) is 1.89. The van der Waals surface area contributed by atoms with Crippen molar-refractivity contribution < 1.29 is 34.2 Å². The number of amides is 4. The number of carbonyl (C=O) groups is 5. The fourth-order valence-corrected chi connectivity index (χ4v) is 2.39. The molecule has 0 fully saturated rings. The van der Waals surface area contributed by atoms with Crippen molar-refractivity contribution in [2.45, 2.75) is 43.6 Å². The van der Waals surface area contributed by atoms with Gasteiger partial charge in [-0.3, -0.25) is 19.2 Å². The van der Waals surface area contributed by atoms with Gasteiger partial charge in [-0.05, 0) is 6.92 Å². The number of aliphatic hydroxyl groups is 1. The van der Waals surface area contributed by atoms with Crippen LogP contribution in [0.5, 0.6) is 0 Å². The summed E-state index contributed by atoms with van der Waals surface area (Å²) < 4.78 is 0. The Bertz CT molecular complexity index is 605. The minimum Gasteiger partial charge on any atom is -0.480 e. The van der Waals surface area contributed by atoms with Crippen LogP contribution in [-0.4, -0.2) is 81.6 Å². The highest BCUT2D eigenvalue weighted by atomic mass is 32.1. The van der Waals surface area contributed by atoms with Crippen molar-refractivity contribution in [1.29, 1.82) is 0 Å². The van der Waals surface area contributed by atoms with Crippen LogP contribution in [0.1, 0.15) is 13.3 Å². The third-order valence-electron chi connectivity index (χ3n) is 3.43. The van der Waals surface area contributed by atoms with Gasteiger partial charge in [0.25, 0.3) is 0 Å². The summed E-state index contributed by atoms with van der Waals surface area (Å²) in [7, 11) is 0. The third-order valence-corrected chi connectivity index (χ3v) is 4.16. The lowest BCUT2D eigenvalue weighted by atomic mass is 10.1. The molecule has 160 valence electrons. The second-order valence-corrected chi connectivity index (χ2v) is 6.56. The molecule has 0 radical (unpaired) electrons. The average Bonchev–Trinajstić information content (AvgIpc) is 2.59. The van der Waals surface area contributed by atoms with Crippen LogP contribution in [0.25, 0.3) is 0 Å². The van der Waals surface area contributed by atoms with E-state index in [-0.39, 0.29) is 11.5 Å². The number of nitrogens with one attached hydrogen (secondary N) is 3. The van der Waals surface area contributed by atoms with Crippen LogP contribution in [0, 0.1) is 0 Å². The molecule has 0 aliphatic heterocycles. The number of carbonyl (C=O) groups excluding carboxylic acids is 4. The van der Waals surface area contributed by atoms with Crippen LogP contribution >= 0.6 is 25.3 Å². The summed E-state index contributed by atoms with van der Waals surface area (Å²) in [5.41, 5.74) is 10.4. The van der Waals surface area contributed by atoms with Gasteiger partial charge in [-0.1, -0.05) is 0 Å². The highest BCUT2D eigenvalue weighted by Crippen LogP contribution is 2.00. The highest BCUT2D eigenvalue weighted by molar-refractivity contribution is 7.80. The van der Waals surface area contributed by atoms with E-state index in [2.05, 4.69) is 41.2 Å². The van der Waals surface area contributed by atoms with Crippen molar-refractivity contribution in [2.24, 2.45) is 11.5 Å². The molecule has 0 heterocycles. The first-order valence-corrected chi connectivity index (χ1v) is 9.28. The Morgan fingerprint density at radius 2 is 1.43 bits per heavy atom. The van der Waals surface area contributed by atoms with Crippen LogP contribution in [0.2, 0.25) is 0 Å². The van der Waals surface area contributed by atoms with E-state index in [1.54, 1.807) is 0 Å². The molecule has 9 N–H and O–H groups in total. The van der Waals surface area contributed by atoms with E-state index in [4.69, 9.17) is 16.6 Å². The van der Waals surface area contributed by atoms with Crippen molar-refractivity contribution in [2.75, 3.05) is 11.5 Å². The van der Waals surface area contributed by atoms with E-state index in [0.717, 1.165) is 0 Å². The number of nitrogens with two attached hydrogens (primary N) is 2. The van der Waals surface area contributed by atoms with Crippen molar-refractivity contribution in [3.05, 3.63) is 0 Å². The first kappa shape index (κ1) is 26.0. The summed E-state index contributed by atoms with van der Waals surface area (Å²) in [6, 6.07) is -5.37. The Hall–Kier alpha value is -2.03. The molecule has 0 saturated heterocycles. The minimum atomic E-state index is -1.50. The molecule has 28 heavy (non-hydrogen) atoms. The molecule has 0 aliphatic rings. The average molecular weight is 440 g/mol. The molecule has 14 heteroatoms. The summed E-state index contributed by atoms with van der Waals surface area (Å²) in [5.74, 6) is -5.22. The van der Waals surface area contributed by atoms with Crippen LogP contribution < -0.4 is 27.4 Å². The Balaban J connectivity index is 5.09. The number of hydrogen-bond donors (Lipinski definition) is 9. The van der Waals surface area contributed by atoms with Gasteiger partial charge in [-0.15, -0.1) is 0 Å². The molecule has 4 amide bonds. The van der Waals surface area contributed by atoms with E-state index in [1.807, 2.05) is 0 Å². The smallest absolute Gasteiger partial charge is 0.327 e. The number of aliphatic hydroxyl groups excluding tert-OH is 1. The molecule has 0 aromatic heterocycles. The lowest BCUT2D eigenvalue weighted by Gasteiger charge is -2.25. The first-order chi connectivity index (χ1) is 12.9. The molecule has 0 aromatic rings. The quantitative estimate of drug-likeness (QED) is 0.136. The summed E-state index contributed by atoms with van der Waals surface area (Å²) in [5, 5.41) is 25.3. The SMILES string of the molecule is CC(O)C(NC(=O)C(N)CC(N)=O)C(=O)NC(CS)C(=O)NC(CS)C(=O)O. The zero-order valence-corrected chi connectivity index (χ0v) is 16.8. The van der Waals surface area contributed by atoms with Crippen molar-refractivity contribution in [1.82, 2.24) is 16.0 Å². The normalized spacial score (nSPS) is 16.0. The molecule has 5 atom stereocenters. The number of thiol groups is 2. The Labute approximate surface area is 172 Å². The lowest BCUT2D eigenvalue weighted by molar-refractivity contribution is -0.141. The Kier molecular flexibility index (Phi) is 11.5. The number of hydrogen-bond acceptors (Lipinski definition) is 9. The van der Waals surface area contributed by atoms with Crippen LogP contribution in [0.15, 0.2) is 0 Å². The van der Waals surface area contributed by atoms with E-state index in [0.29, 0.717) is 0 Å². The molecule has 12 nitrogen and oxygen atoms in total. The van der Waals surface area contributed by atoms with E-state index >= 15 is 0 Å². The maximum atomic E-state index is 12.4. The van der Waals surface area contributed by atoms with Gasteiger partial charge in [-0.2, -0.15) is 25.3 Å². The summed E-state index contributed by atoms with van der Waals surface area (Å²) in [6.07, 6.45) is -1.85. The summed E-state index contributed by atoms with van der Waals surface area (Å²) in [4.78, 5) is 58.2. The third kappa shape index (κ3) is 8.77. The van der Waals surface area contributed by atoms with Gasteiger partial charge in [0.15, 0.2) is 0 Å². The van der Waals surface area contributed by atoms with Gasteiger partial charge in [0.1, 0.15) is 18.1 Å². The zero-order chi connectivity index (χ0) is 22.0. The summed E-state index contributed by atoms with van der Waals surface area (Å²) >= 11 is 7.74. The van der Waals surface area contributed by atoms with Gasteiger partial charge in [0.2, 0.25) is 23.6 Å². The predicted octanol–water partition coefficient (Wildman–Crippen LogP) is -4.03.